The molecule has 0 saturated heterocycles. The second-order valence-corrected chi connectivity index (χ2v) is 6.95. The minimum absolute atomic E-state index is 0.749. The average Bonchev–Trinajstić information content (AvgIpc) is 3.21. The second-order valence-electron chi connectivity index (χ2n) is 6.95. The molecule has 0 radical (unpaired) electrons. The SMILES string of the molecule is CCn1c2ccccc2c2cc(CNc3nc4ccccc4n3C)ccc21. The molecule has 0 bridgehead atoms. The third kappa shape index (κ3) is 2.48. The molecule has 2 aromatic heterocycles. The Balaban J connectivity index is 1.52. The van der Waals surface area contributed by atoms with Crippen molar-refractivity contribution in [1.82, 2.24) is 14.1 Å². The van der Waals surface area contributed by atoms with Gasteiger partial charge >= 0.3 is 0 Å². The molecule has 5 aromatic rings. The van der Waals surface area contributed by atoms with E-state index in [0.717, 1.165) is 30.1 Å². The van der Waals surface area contributed by atoms with E-state index in [0.29, 0.717) is 0 Å². The van der Waals surface area contributed by atoms with Crippen LogP contribution in [0, 0.1) is 0 Å². The Kier molecular flexibility index (Phi) is 3.64. The number of imidazole rings is 1. The number of rotatable bonds is 4. The van der Waals surface area contributed by atoms with Gasteiger partial charge in [0.1, 0.15) is 0 Å². The van der Waals surface area contributed by atoms with Crippen LogP contribution < -0.4 is 5.32 Å². The van der Waals surface area contributed by atoms with E-state index < -0.39 is 0 Å². The van der Waals surface area contributed by atoms with Gasteiger partial charge in [-0.05, 0) is 42.8 Å². The number of nitrogens with zero attached hydrogens (tertiary/aromatic N) is 3. The standard InChI is InChI=1S/C23H22N4/c1-3-27-20-10-6-4-8-17(20)18-14-16(12-13-21(18)27)15-24-23-25-19-9-5-7-11-22(19)26(23)2/h4-14H,3,15H2,1-2H3,(H,24,25). The minimum atomic E-state index is 0.749. The van der Waals surface area contributed by atoms with Crippen molar-refractivity contribution >= 4 is 38.8 Å². The molecule has 27 heavy (non-hydrogen) atoms. The molecular formula is C23H22N4. The molecule has 0 spiro atoms. The fraction of sp³-hybridized carbons (Fsp3) is 0.174. The summed E-state index contributed by atoms with van der Waals surface area (Å²) in [5.74, 6) is 0.896. The predicted molar refractivity (Wildman–Crippen MR) is 113 cm³/mol. The number of anilines is 1. The third-order valence-corrected chi connectivity index (χ3v) is 5.39. The third-order valence-electron chi connectivity index (χ3n) is 5.39. The Labute approximate surface area is 158 Å². The summed E-state index contributed by atoms with van der Waals surface area (Å²) in [7, 11) is 2.05. The summed E-state index contributed by atoms with van der Waals surface area (Å²) in [5.41, 5.74) is 6.01. The number of nitrogens with one attached hydrogen (secondary N) is 1. The molecule has 5 rings (SSSR count). The number of para-hydroxylation sites is 3. The predicted octanol–water partition coefficient (Wildman–Crippen LogP) is 5.31. The van der Waals surface area contributed by atoms with Crippen LogP contribution in [0.2, 0.25) is 0 Å². The zero-order valence-electron chi connectivity index (χ0n) is 15.6. The van der Waals surface area contributed by atoms with E-state index in [2.05, 4.69) is 77.0 Å². The molecule has 4 nitrogen and oxygen atoms in total. The van der Waals surface area contributed by atoms with Gasteiger partial charge in [-0.15, -0.1) is 0 Å². The van der Waals surface area contributed by atoms with E-state index in [1.807, 2.05) is 18.2 Å². The number of fused-ring (bicyclic) bond motifs is 4. The first-order chi connectivity index (χ1) is 13.3. The summed E-state index contributed by atoms with van der Waals surface area (Å²) in [6, 6.07) is 23.6. The van der Waals surface area contributed by atoms with Crippen LogP contribution in [0.3, 0.4) is 0 Å². The lowest BCUT2D eigenvalue weighted by molar-refractivity contribution is 0.827. The lowest BCUT2D eigenvalue weighted by Crippen LogP contribution is -2.05. The summed E-state index contributed by atoms with van der Waals surface area (Å²) >= 11 is 0. The van der Waals surface area contributed by atoms with Crippen molar-refractivity contribution in [2.75, 3.05) is 5.32 Å². The van der Waals surface area contributed by atoms with E-state index in [1.165, 1.54) is 27.4 Å². The lowest BCUT2D eigenvalue weighted by Gasteiger charge is -2.07. The number of hydrogen-bond acceptors (Lipinski definition) is 2. The van der Waals surface area contributed by atoms with Gasteiger partial charge in [0, 0.05) is 41.9 Å². The Morgan fingerprint density at radius 2 is 1.59 bits per heavy atom. The van der Waals surface area contributed by atoms with Crippen molar-refractivity contribution in [3.63, 3.8) is 0 Å². The molecule has 0 aliphatic rings. The van der Waals surface area contributed by atoms with Gasteiger partial charge in [0.15, 0.2) is 0 Å². The quantitative estimate of drug-likeness (QED) is 0.474. The number of benzene rings is 3. The van der Waals surface area contributed by atoms with Crippen molar-refractivity contribution in [2.24, 2.45) is 7.05 Å². The Morgan fingerprint density at radius 1 is 0.852 bits per heavy atom. The largest absolute Gasteiger partial charge is 0.352 e. The maximum absolute atomic E-state index is 4.70. The molecular weight excluding hydrogens is 332 g/mol. The van der Waals surface area contributed by atoms with E-state index >= 15 is 0 Å². The van der Waals surface area contributed by atoms with Crippen molar-refractivity contribution in [2.45, 2.75) is 20.0 Å². The van der Waals surface area contributed by atoms with Crippen molar-refractivity contribution in [3.8, 4) is 0 Å². The topological polar surface area (TPSA) is 34.8 Å². The molecule has 3 aromatic carbocycles. The van der Waals surface area contributed by atoms with Gasteiger partial charge in [0.05, 0.1) is 11.0 Å². The molecule has 1 N–H and O–H groups in total. The van der Waals surface area contributed by atoms with E-state index in [9.17, 15) is 0 Å². The number of aryl methyl sites for hydroxylation is 2. The molecule has 0 unspecified atom stereocenters. The zero-order chi connectivity index (χ0) is 18.4. The Hall–Kier alpha value is -3.27. The highest BCUT2D eigenvalue weighted by molar-refractivity contribution is 6.08. The van der Waals surface area contributed by atoms with E-state index in [1.54, 1.807) is 0 Å². The maximum Gasteiger partial charge on any atom is 0.203 e. The van der Waals surface area contributed by atoms with Crippen LogP contribution in [-0.4, -0.2) is 14.1 Å². The second kappa shape index (κ2) is 6.16. The molecule has 0 saturated carbocycles. The van der Waals surface area contributed by atoms with Gasteiger partial charge in [-0.1, -0.05) is 36.4 Å². The van der Waals surface area contributed by atoms with Crippen molar-refractivity contribution in [3.05, 3.63) is 72.3 Å². The lowest BCUT2D eigenvalue weighted by atomic mass is 10.1. The van der Waals surface area contributed by atoms with Crippen molar-refractivity contribution in [1.29, 1.82) is 0 Å². The number of hydrogen-bond donors (Lipinski definition) is 1. The van der Waals surface area contributed by atoms with Crippen LogP contribution in [0.5, 0.6) is 0 Å². The summed E-state index contributed by atoms with van der Waals surface area (Å²) in [6.07, 6.45) is 0. The first-order valence-electron chi connectivity index (χ1n) is 9.41. The number of aromatic nitrogens is 3. The normalized spacial score (nSPS) is 11.6. The highest BCUT2D eigenvalue weighted by Crippen LogP contribution is 2.30. The van der Waals surface area contributed by atoms with Gasteiger partial charge in [-0.2, -0.15) is 0 Å². The Bertz CT molecular complexity index is 1280. The fourth-order valence-corrected chi connectivity index (χ4v) is 4.04. The first kappa shape index (κ1) is 15.9. The van der Waals surface area contributed by atoms with Crippen LogP contribution in [0.15, 0.2) is 66.7 Å². The average molecular weight is 354 g/mol. The van der Waals surface area contributed by atoms with Crippen LogP contribution in [0.4, 0.5) is 5.95 Å². The molecule has 0 amide bonds. The molecule has 134 valence electrons. The van der Waals surface area contributed by atoms with Crippen LogP contribution in [0.25, 0.3) is 32.8 Å². The highest BCUT2D eigenvalue weighted by atomic mass is 15.2. The van der Waals surface area contributed by atoms with Crippen LogP contribution in [0.1, 0.15) is 12.5 Å². The van der Waals surface area contributed by atoms with Crippen LogP contribution >= 0.6 is 0 Å². The first-order valence-corrected chi connectivity index (χ1v) is 9.41. The van der Waals surface area contributed by atoms with Crippen molar-refractivity contribution < 1.29 is 0 Å². The minimum Gasteiger partial charge on any atom is -0.352 e. The molecule has 0 fully saturated rings. The monoisotopic (exact) mass is 354 g/mol. The van der Waals surface area contributed by atoms with E-state index in [-0.39, 0.29) is 0 Å². The van der Waals surface area contributed by atoms with Gasteiger partial charge in [0.25, 0.3) is 0 Å². The van der Waals surface area contributed by atoms with Gasteiger partial charge in [0.2, 0.25) is 5.95 Å². The molecule has 2 heterocycles. The highest BCUT2D eigenvalue weighted by Gasteiger charge is 2.10. The summed E-state index contributed by atoms with van der Waals surface area (Å²) in [6.45, 7) is 3.92. The zero-order valence-corrected chi connectivity index (χ0v) is 15.6. The molecule has 0 aliphatic heterocycles. The van der Waals surface area contributed by atoms with Gasteiger partial charge in [-0.25, -0.2) is 4.98 Å². The smallest absolute Gasteiger partial charge is 0.203 e. The fourth-order valence-electron chi connectivity index (χ4n) is 4.04. The summed E-state index contributed by atoms with van der Waals surface area (Å²) in [5, 5.41) is 6.13. The van der Waals surface area contributed by atoms with Gasteiger partial charge in [-0.3, -0.25) is 0 Å². The summed E-state index contributed by atoms with van der Waals surface area (Å²) in [4.78, 5) is 4.70. The molecule has 0 atom stereocenters. The van der Waals surface area contributed by atoms with Gasteiger partial charge < -0.3 is 14.5 Å². The van der Waals surface area contributed by atoms with Crippen LogP contribution in [-0.2, 0) is 20.1 Å². The summed E-state index contributed by atoms with van der Waals surface area (Å²) < 4.78 is 4.49. The molecule has 0 aliphatic carbocycles. The van der Waals surface area contributed by atoms with E-state index in [4.69, 9.17) is 4.98 Å². The Morgan fingerprint density at radius 3 is 2.41 bits per heavy atom. The maximum atomic E-state index is 4.70. The molecule has 4 heteroatoms.